The third-order valence-corrected chi connectivity index (χ3v) is 4.80. The summed E-state index contributed by atoms with van der Waals surface area (Å²) >= 11 is 0. The second kappa shape index (κ2) is 11.4. The van der Waals surface area contributed by atoms with Crippen LogP contribution in [0.3, 0.4) is 0 Å². The first-order valence-corrected chi connectivity index (χ1v) is 9.55. The van der Waals surface area contributed by atoms with Gasteiger partial charge in [0.15, 0.2) is 0 Å². The summed E-state index contributed by atoms with van der Waals surface area (Å²) in [5.74, 6) is 0.894. The molecular formula is C15H17NO7S2. The van der Waals surface area contributed by atoms with Crippen LogP contribution in [0.1, 0.15) is 6.92 Å². The summed E-state index contributed by atoms with van der Waals surface area (Å²) in [6.45, 7) is 5.49. The first-order chi connectivity index (χ1) is 11.9. The van der Waals surface area contributed by atoms with Gasteiger partial charge >= 0.3 is 12.1 Å². The molecule has 0 aliphatic carbocycles. The van der Waals surface area contributed by atoms with Gasteiger partial charge in [0.1, 0.15) is 19.0 Å². The Kier molecular flexibility index (Phi) is 9.48. The fourth-order valence-corrected chi connectivity index (χ4v) is 2.98. The summed E-state index contributed by atoms with van der Waals surface area (Å²) in [6, 6.07) is 5.10. The zero-order valence-corrected chi connectivity index (χ0v) is 15.1. The van der Waals surface area contributed by atoms with Crippen molar-refractivity contribution in [2.75, 3.05) is 24.7 Å². The average molecular weight is 387 g/mol. The first-order valence-electron chi connectivity index (χ1n) is 7.06. The third-order valence-electron chi connectivity index (χ3n) is 2.47. The highest BCUT2D eigenvalue weighted by Crippen LogP contribution is 2.21. The summed E-state index contributed by atoms with van der Waals surface area (Å²) in [7, 11) is 2.94. The lowest BCUT2D eigenvalue weighted by Gasteiger charge is -2.06. The van der Waals surface area contributed by atoms with Crippen LogP contribution in [0.15, 0.2) is 36.4 Å². The second-order valence-electron chi connectivity index (χ2n) is 4.51. The highest BCUT2D eigenvalue weighted by Gasteiger charge is 2.09. The molecule has 0 spiro atoms. The fraction of sp³-hybridized carbons (Fsp3) is 0.333. The molecule has 0 saturated heterocycles. The van der Waals surface area contributed by atoms with E-state index < -0.39 is 17.0 Å². The van der Waals surface area contributed by atoms with Gasteiger partial charge in [-0.1, -0.05) is 28.2 Å². The molecule has 1 rings (SSSR count). The minimum absolute atomic E-state index is 0.0944. The summed E-state index contributed by atoms with van der Waals surface area (Å²) < 4.78 is 14.7. The molecule has 0 aromatic heterocycles. The molecular weight excluding hydrogens is 370 g/mol. The van der Waals surface area contributed by atoms with Crippen LogP contribution in [0.2, 0.25) is 0 Å². The van der Waals surface area contributed by atoms with Crippen molar-refractivity contribution in [2.24, 2.45) is 0 Å². The molecule has 0 N–H and O–H groups in total. The lowest BCUT2D eigenvalue weighted by Crippen LogP contribution is -2.12. The highest BCUT2D eigenvalue weighted by molar-refractivity contribution is 8.76. The van der Waals surface area contributed by atoms with E-state index in [9.17, 15) is 19.7 Å². The van der Waals surface area contributed by atoms with Gasteiger partial charge in [-0.2, -0.15) is 0 Å². The SMILES string of the molecule is C=C(C)C(=O)OCCSSCCOC(=O)Oc1ccc([N+](=O)[O-])cc1. The van der Waals surface area contributed by atoms with E-state index in [-0.39, 0.29) is 24.7 Å². The van der Waals surface area contributed by atoms with Crippen LogP contribution >= 0.6 is 21.6 Å². The number of rotatable bonds is 10. The quantitative estimate of drug-likeness (QED) is 0.113. The monoisotopic (exact) mass is 387 g/mol. The van der Waals surface area contributed by atoms with Crippen molar-refractivity contribution >= 4 is 39.4 Å². The van der Waals surface area contributed by atoms with E-state index in [0.717, 1.165) is 0 Å². The Balaban J connectivity index is 2.08. The normalized spacial score (nSPS) is 9.96. The predicted molar refractivity (Wildman–Crippen MR) is 95.8 cm³/mol. The molecule has 0 unspecified atom stereocenters. The van der Waals surface area contributed by atoms with Gasteiger partial charge in [0.05, 0.1) is 4.92 Å². The van der Waals surface area contributed by atoms with Gasteiger partial charge in [-0.05, 0) is 19.1 Å². The molecule has 8 nitrogen and oxygen atoms in total. The van der Waals surface area contributed by atoms with Crippen LogP contribution in [0, 0.1) is 10.1 Å². The number of nitrogens with zero attached hydrogens (tertiary/aromatic N) is 1. The van der Waals surface area contributed by atoms with E-state index in [4.69, 9.17) is 14.2 Å². The summed E-state index contributed by atoms with van der Waals surface area (Å²) in [5.41, 5.74) is 0.264. The number of esters is 1. The van der Waals surface area contributed by atoms with E-state index in [1.807, 2.05) is 0 Å². The minimum Gasteiger partial charge on any atom is -0.461 e. The number of ether oxygens (including phenoxy) is 3. The maximum atomic E-state index is 11.4. The van der Waals surface area contributed by atoms with Gasteiger partial charge < -0.3 is 14.2 Å². The maximum absolute atomic E-state index is 11.4. The zero-order valence-electron chi connectivity index (χ0n) is 13.5. The molecule has 0 saturated carbocycles. The van der Waals surface area contributed by atoms with Crippen molar-refractivity contribution in [1.29, 1.82) is 0 Å². The van der Waals surface area contributed by atoms with E-state index in [1.165, 1.54) is 45.9 Å². The molecule has 0 bridgehead atoms. The summed E-state index contributed by atoms with van der Waals surface area (Å²) in [6.07, 6.45) is -0.880. The Bertz CT molecular complexity index is 619. The molecule has 0 radical (unpaired) electrons. The van der Waals surface area contributed by atoms with Gasteiger partial charge in [0.25, 0.3) is 5.69 Å². The number of non-ortho nitro benzene ring substituents is 1. The number of hydrogen-bond acceptors (Lipinski definition) is 9. The van der Waals surface area contributed by atoms with Crippen molar-refractivity contribution in [2.45, 2.75) is 6.92 Å². The van der Waals surface area contributed by atoms with Crippen LogP contribution in [-0.4, -0.2) is 41.8 Å². The Morgan fingerprint density at radius 3 is 2.20 bits per heavy atom. The van der Waals surface area contributed by atoms with Crippen molar-refractivity contribution in [3.63, 3.8) is 0 Å². The minimum atomic E-state index is -0.880. The smallest absolute Gasteiger partial charge is 0.461 e. The van der Waals surface area contributed by atoms with E-state index in [1.54, 1.807) is 6.92 Å². The average Bonchev–Trinajstić information content (AvgIpc) is 2.57. The van der Waals surface area contributed by atoms with Crippen LogP contribution < -0.4 is 4.74 Å². The molecule has 136 valence electrons. The number of carbonyl (C=O) groups is 2. The van der Waals surface area contributed by atoms with Crippen molar-refractivity contribution in [1.82, 2.24) is 0 Å². The largest absolute Gasteiger partial charge is 0.513 e. The first kappa shape index (κ1) is 20.8. The van der Waals surface area contributed by atoms with Gasteiger partial charge in [-0.15, -0.1) is 0 Å². The van der Waals surface area contributed by atoms with Crippen LogP contribution in [0.4, 0.5) is 10.5 Å². The van der Waals surface area contributed by atoms with Crippen molar-refractivity contribution in [3.05, 3.63) is 46.5 Å². The van der Waals surface area contributed by atoms with Crippen molar-refractivity contribution in [3.8, 4) is 5.75 Å². The van der Waals surface area contributed by atoms with Gasteiger partial charge in [-0.3, -0.25) is 10.1 Å². The second-order valence-corrected chi connectivity index (χ2v) is 7.21. The number of nitro groups is 1. The highest BCUT2D eigenvalue weighted by atomic mass is 33.1. The predicted octanol–water partition coefficient (Wildman–Crippen LogP) is 3.61. The molecule has 0 fully saturated rings. The molecule has 10 heteroatoms. The lowest BCUT2D eigenvalue weighted by molar-refractivity contribution is -0.384. The van der Waals surface area contributed by atoms with Crippen molar-refractivity contribution < 1.29 is 28.7 Å². The molecule has 1 aromatic carbocycles. The van der Waals surface area contributed by atoms with E-state index >= 15 is 0 Å². The number of nitro benzene ring substituents is 1. The van der Waals surface area contributed by atoms with Gasteiger partial charge in [-0.25, -0.2) is 9.59 Å². The molecule has 0 aliphatic rings. The topological polar surface area (TPSA) is 105 Å². The lowest BCUT2D eigenvalue weighted by atomic mass is 10.3. The van der Waals surface area contributed by atoms with Crippen LogP contribution in [-0.2, 0) is 14.3 Å². The fourth-order valence-electron chi connectivity index (χ4n) is 1.33. The van der Waals surface area contributed by atoms with E-state index in [2.05, 4.69) is 6.58 Å². The Morgan fingerprint density at radius 1 is 1.12 bits per heavy atom. The molecule has 25 heavy (non-hydrogen) atoms. The van der Waals surface area contributed by atoms with Crippen LogP contribution in [0.5, 0.6) is 5.75 Å². The Morgan fingerprint density at radius 2 is 1.68 bits per heavy atom. The number of hydrogen-bond donors (Lipinski definition) is 0. The van der Waals surface area contributed by atoms with E-state index in [0.29, 0.717) is 17.1 Å². The van der Waals surface area contributed by atoms with Crippen LogP contribution in [0.25, 0.3) is 0 Å². The number of benzene rings is 1. The van der Waals surface area contributed by atoms with Gasteiger partial charge in [0.2, 0.25) is 0 Å². The number of carbonyl (C=O) groups excluding carboxylic acids is 2. The standard InChI is InChI=1S/C15H17NO7S2/c1-11(2)14(17)21-7-9-24-25-10-8-22-15(18)23-13-5-3-12(4-6-13)16(19)20/h3-6H,1,7-10H2,2H3. The summed E-state index contributed by atoms with van der Waals surface area (Å²) in [5, 5.41) is 10.5. The zero-order chi connectivity index (χ0) is 18.7. The molecule has 0 aliphatic heterocycles. The Labute approximate surface area is 152 Å². The van der Waals surface area contributed by atoms with Gasteiger partial charge in [0, 0.05) is 29.2 Å². The maximum Gasteiger partial charge on any atom is 0.513 e. The molecule has 1 aromatic rings. The summed E-state index contributed by atoms with van der Waals surface area (Å²) in [4.78, 5) is 32.5. The Hall–Kier alpha value is -2.20. The molecule has 0 amide bonds. The molecule has 0 heterocycles. The third kappa shape index (κ3) is 9.01. The molecule has 0 atom stereocenters.